The molecule has 0 fully saturated rings. The maximum Gasteiger partial charge on any atom is 0.345 e. The normalized spacial score (nSPS) is 17.1. The van der Waals surface area contributed by atoms with Gasteiger partial charge in [0.25, 0.3) is 5.91 Å². The molecular formula is C12H13N3O3S2. The van der Waals surface area contributed by atoms with Gasteiger partial charge in [-0.25, -0.2) is 4.31 Å². The number of carbonyl (C=O) groups excluding carboxylic acids is 1. The van der Waals surface area contributed by atoms with Crippen LogP contribution in [0.3, 0.4) is 0 Å². The molecule has 1 aromatic heterocycles. The third kappa shape index (κ3) is 2.81. The Hall–Kier alpha value is -1.93. The van der Waals surface area contributed by atoms with Crippen molar-refractivity contribution in [2.24, 2.45) is 4.40 Å². The van der Waals surface area contributed by atoms with Crippen LogP contribution in [0.15, 0.2) is 46.3 Å². The van der Waals surface area contributed by atoms with E-state index in [1.807, 2.05) is 5.38 Å². The number of hydrogen-bond donors (Lipinski definition) is 1. The van der Waals surface area contributed by atoms with E-state index < -0.39 is 16.1 Å². The van der Waals surface area contributed by atoms with Crippen LogP contribution in [0.25, 0.3) is 0 Å². The molecule has 1 N–H and O–H groups in total. The monoisotopic (exact) mass is 311 g/mol. The van der Waals surface area contributed by atoms with E-state index in [4.69, 9.17) is 0 Å². The first kappa shape index (κ1) is 14.5. The summed E-state index contributed by atoms with van der Waals surface area (Å²) < 4.78 is 28.5. The molecule has 106 valence electrons. The summed E-state index contributed by atoms with van der Waals surface area (Å²) >= 11 is 1.36. The molecule has 0 saturated heterocycles. The lowest BCUT2D eigenvalue weighted by molar-refractivity contribution is -0.118. The van der Waals surface area contributed by atoms with E-state index in [2.05, 4.69) is 16.3 Å². The van der Waals surface area contributed by atoms with Crippen molar-refractivity contribution in [1.29, 1.82) is 0 Å². The smallest absolute Gasteiger partial charge is 0.345 e. The van der Waals surface area contributed by atoms with Gasteiger partial charge in [-0.3, -0.25) is 4.79 Å². The van der Waals surface area contributed by atoms with E-state index in [0.29, 0.717) is 4.88 Å². The summed E-state index contributed by atoms with van der Waals surface area (Å²) in [6.07, 6.45) is 2.98. The SMILES string of the molecule is C=CCNC(=O)C1=CC(c2cccs2)=NS(=O)(=O)N1C. The fraction of sp³-hybridized carbons (Fsp3) is 0.167. The molecule has 0 bridgehead atoms. The van der Waals surface area contributed by atoms with Crippen molar-refractivity contribution in [2.45, 2.75) is 0 Å². The van der Waals surface area contributed by atoms with Crippen molar-refractivity contribution in [3.8, 4) is 0 Å². The van der Waals surface area contributed by atoms with Gasteiger partial charge < -0.3 is 5.32 Å². The third-order valence-corrected chi connectivity index (χ3v) is 4.79. The summed E-state index contributed by atoms with van der Waals surface area (Å²) in [5.74, 6) is -0.486. The molecule has 0 atom stereocenters. The van der Waals surface area contributed by atoms with Crippen molar-refractivity contribution >= 4 is 33.2 Å². The zero-order valence-corrected chi connectivity index (χ0v) is 12.4. The summed E-state index contributed by atoms with van der Waals surface area (Å²) in [7, 11) is -2.59. The number of allylic oxidation sites excluding steroid dienone is 1. The van der Waals surface area contributed by atoms with Gasteiger partial charge in [0.2, 0.25) is 0 Å². The van der Waals surface area contributed by atoms with Crippen molar-refractivity contribution in [1.82, 2.24) is 9.62 Å². The van der Waals surface area contributed by atoms with Gasteiger partial charge >= 0.3 is 10.2 Å². The largest absolute Gasteiger partial charge is 0.347 e. The topological polar surface area (TPSA) is 78.8 Å². The Balaban J connectivity index is 2.42. The minimum absolute atomic E-state index is 0.0326. The molecule has 20 heavy (non-hydrogen) atoms. The van der Waals surface area contributed by atoms with Crippen LogP contribution in [0, 0.1) is 0 Å². The Kier molecular flexibility index (Phi) is 4.05. The molecule has 8 heteroatoms. The fourth-order valence-electron chi connectivity index (χ4n) is 1.56. The highest BCUT2D eigenvalue weighted by Gasteiger charge is 2.29. The highest BCUT2D eigenvalue weighted by molar-refractivity contribution is 7.88. The zero-order chi connectivity index (χ0) is 14.8. The summed E-state index contributed by atoms with van der Waals surface area (Å²) in [6, 6.07) is 3.54. The number of amides is 1. The molecule has 0 spiro atoms. The third-order valence-electron chi connectivity index (χ3n) is 2.59. The van der Waals surface area contributed by atoms with Gasteiger partial charge in [0.15, 0.2) is 0 Å². The van der Waals surface area contributed by atoms with Crippen molar-refractivity contribution in [3.05, 3.63) is 46.8 Å². The molecule has 0 unspecified atom stereocenters. The molecule has 6 nitrogen and oxygen atoms in total. The summed E-state index contributed by atoms with van der Waals surface area (Å²) in [6.45, 7) is 3.75. The van der Waals surface area contributed by atoms with Crippen LogP contribution in [0.4, 0.5) is 0 Å². The molecule has 1 aliphatic heterocycles. The second kappa shape index (κ2) is 5.59. The number of rotatable bonds is 4. The lowest BCUT2D eigenvalue weighted by Crippen LogP contribution is -2.38. The summed E-state index contributed by atoms with van der Waals surface area (Å²) in [5, 5.41) is 4.37. The number of nitrogens with zero attached hydrogens (tertiary/aromatic N) is 2. The van der Waals surface area contributed by atoms with Crippen LogP contribution in [-0.4, -0.2) is 37.9 Å². The highest BCUT2D eigenvalue weighted by atomic mass is 32.2. The number of hydrogen-bond acceptors (Lipinski definition) is 4. The second-order valence-electron chi connectivity index (χ2n) is 3.93. The molecule has 0 aromatic carbocycles. The Morgan fingerprint density at radius 1 is 1.60 bits per heavy atom. The second-order valence-corrected chi connectivity index (χ2v) is 6.50. The molecule has 1 aliphatic rings. The lowest BCUT2D eigenvalue weighted by atomic mass is 10.2. The van der Waals surface area contributed by atoms with Crippen molar-refractivity contribution in [2.75, 3.05) is 13.6 Å². The van der Waals surface area contributed by atoms with Crippen LogP contribution < -0.4 is 5.32 Å². The first-order valence-electron chi connectivity index (χ1n) is 5.69. The van der Waals surface area contributed by atoms with Gasteiger partial charge in [0.1, 0.15) is 5.70 Å². The van der Waals surface area contributed by atoms with E-state index in [-0.39, 0.29) is 18.0 Å². The molecule has 1 amide bonds. The number of nitrogens with one attached hydrogen (secondary N) is 1. The molecular weight excluding hydrogens is 298 g/mol. The van der Waals surface area contributed by atoms with Crippen molar-refractivity contribution < 1.29 is 13.2 Å². The van der Waals surface area contributed by atoms with E-state index in [1.54, 1.807) is 12.1 Å². The molecule has 2 heterocycles. The van der Waals surface area contributed by atoms with E-state index >= 15 is 0 Å². The molecule has 0 saturated carbocycles. The summed E-state index contributed by atoms with van der Waals surface area (Å²) in [4.78, 5) is 12.7. The van der Waals surface area contributed by atoms with Gasteiger partial charge in [0, 0.05) is 13.6 Å². The van der Waals surface area contributed by atoms with E-state index in [1.165, 1.54) is 30.5 Å². The van der Waals surface area contributed by atoms with Crippen LogP contribution in [-0.2, 0) is 15.0 Å². The number of likely N-dealkylation sites (N-methyl/N-ethyl adjacent to an activating group) is 1. The van der Waals surface area contributed by atoms with Gasteiger partial charge in [0.05, 0.1) is 10.6 Å². The predicted octanol–water partition coefficient (Wildman–Crippen LogP) is 0.913. The Labute approximate surface area is 121 Å². The first-order chi connectivity index (χ1) is 9.45. The van der Waals surface area contributed by atoms with Crippen molar-refractivity contribution in [3.63, 3.8) is 0 Å². The predicted molar refractivity (Wildman–Crippen MR) is 78.8 cm³/mol. The molecule has 0 aliphatic carbocycles. The van der Waals surface area contributed by atoms with E-state index in [9.17, 15) is 13.2 Å². The molecule has 2 rings (SSSR count). The van der Waals surface area contributed by atoms with Crippen LogP contribution in [0.1, 0.15) is 4.88 Å². The number of thiophene rings is 1. The maximum absolute atomic E-state index is 12.0. The standard InChI is InChI=1S/C12H13N3O3S2/c1-3-6-13-12(16)10-8-9(11-5-4-7-19-11)14-20(17,18)15(10)2/h3-5,7-8H,1,6H2,2H3,(H,13,16). The fourth-order valence-corrected chi connectivity index (χ4v) is 3.21. The first-order valence-corrected chi connectivity index (χ1v) is 7.97. The molecule has 1 aromatic rings. The lowest BCUT2D eigenvalue weighted by Gasteiger charge is -2.23. The minimum atomic E-state index is -3.88. The van der Waals surface area contributed by atoms with Crippen LogP contribution in [0.2, 0.25) is 0 Å². The average Bonchev–Trinajstić information content (AvgIpc) is 2.92. The van der Waals surface area contributed by atoms with Gasteiger partial charge in [-0.1, -0.05) is 12.1 Å². The minimum Gasteiger partial charge on any atom is -0.347 e. The van der Waals surface area contributed by atoms with Crippen LogP contribution in [0.5, 0.6) is 0 Å². The quantitative estimate of drug-likeness (QED) is 0.840. The average molecular weight is 311 g/mol. The summed E-state index contributed by atoms with van der Waals surface area (Å²) in [5.41, 5.74) is 0.298. The Morgan fingerprint density at radius 3 is 2.95 bits per heavy atom. The Morgan fingerprint density at radius 2 is 2.35 bits per heavy atom. The molecule has 0 radical (unpaired) electrons. The zero-order valence-electron chi connectivity index (χ0n) is 10.7. The Bertz CT molecular complexity index is 688. The van der Waals surface area contributed by atoms with Crippen LogP contribution >= 0.6 is 11.3 Å². The maximum atomic E-state index is 12.0. The highest BCUT2D eigenvalue weighted by Crippen LogP contribution is 2.21. The van der Waals surface area contributed by atoms with E-state index in [0.717, 1.165) is 4.31 Å². The van der Waals surface area contributed by atoms with Gasteiger partial charge in [-0.2, -0.15) is 8.42 Å². The number of carbonyl (C=O) groups is 1. The van der Waals surface area contributed by atoms with Gasteiger partial charge in [-0.15, -0.1) is 22.3 Å². The van der Waals surface area contributed by atoms with Gasteiger partial charge in [-0.05, 0) is 17.5 Å².